The van der Waals surface area contributed by atoms with Crippen LogP contribution in [0.25, 0.3) is 0 Å². The minimum absolute atomic E-state index is 0.111. The zero-order chi connectivity index (χ0) is 13.1. The molecule has 1 aliphatic carbocycles. The van der Waals surface area contributed by atoms with E-state index in [0.29, 0.717) is 16.0 Å². The van der Waals surface area contributed by atoms with E-state index in [9.17, 15) is 9.59 Å². The maximum atomic E-state index is 12.3. The van der Waals surface area contributed by atoms with E-state index in [1.807, 2.05) is 6.92 Å². The lowest BCUT2D eigenvalue weighted by atomic mass is 9.93. The zero-order valence-electron chi connectivity index (χ0n) is 10.4. The summed E-state index contributed by atoms with van der Waals surface area (Å²) in [6.07, 6.45) is 0.939. The number of allylic oxidation sites excluding steroid dienone is 2. The van der Waals surface area contributed by atoms with Crippen molar-refractivity contribution in [3.8, 4) is 0 Å². The van der Waals surface area contributed by atoms with Gasteiger partial charge in [0.05, 0.1) is 7.11 Å². The van der Waals surface area contributed by atoms with Crippen molar-refractivity contribution >= 4 is 23.3 Å². The van der Waals surface area contributed by atoms with Crippen molar-refractivity contribution < 1.29 is 14.3 Å². The molecule has 1 aromatic rings. The lowest BCUT2D eigenvalue weighted by Crippen LogP contribution is -2.21. The smallest absolute Gasteiger partial charge is 0.229 e. The molecule has 0 aromatic heterocycles. The first-order valence-electron chi connectivity index (χ1n) is 5.80. The van der Waals surface area contributed by atoms with Gasteiger partial charge in [-0.1, -0.05) is 31.2 Å². The molecule has 0 unspecified atom stereocenters. The quantitative estimate of drug-likeness (QED) is 0.836. The topological polar surface area (TPSA) is 43.4 Å². The van der Waals surface area contributed by atoms with Gasteiger partial charge in [-0.3, -0.25) is 9.59 Å². The Morgan fingerprint density at radius 3 is 2.28 bits per heavy atom. The highest BCUT2D eigenvalue weighted by atomic mass is 32.2. The van der Waals surface area contributed by atoms with Gasteiger partial charge in [-0.05, 0) is 12.2 Å². The first-order valence-corrected chi connectivity index (χ1v) is 6.78. The molecule has 2 rings (SSSR count). The summed E-state index contributed by atoms with van der Waals surface area (Å²) in [5, 5.41) is 0. The third-order valence-electron chi connectivity index (χ3n) is 2.69. The molecular formula is C14H14O3S. The Labute approximate surface area is 110 Å². The van der Waals surface area contributed by atoms with Gasteiger partial charge in [0.2, 0.25) is 11.6 Å². The fourth-order valence-corrected chi connectivity index (χ4v) is 2.81. The van der Waals surface area contributed by atoms with E-state index in [0.717, 1.165) is 12.2 Å². The molecule has 0 N–H and O–H groups in total. The Bertz CT molecular complexity index is 532. The minimum Gasteiger partial charge on any atom is -0.491 e. The maximum Gasteiger partial charge on any atom is 0.229 e. The summed E-state index contributed by atoms with van der Waals surface area (Å²) in [7, 11) is 1.43. The van der Waals surface area contributed by atoms with Gasteiger partial charge < -0.3 is 4.74 Å². The van der Waals surface area contributed by atoms with Gasteiger partial charge in [-0.25, -0.2) is 0 Å². The molecule has 0 fully saturated rings. The van der Waals surface area contributed by atoms with E-state index in [1.54, 1.807) is 24.3 Å². The second-order valence-corrected chi connectivity index (χ2v) is 5.02. The Morgan fingerprint density at radius 1 is 1.11 bits per heavy atom. The van der Waals surface area contributed by atoms with Crippen molar-refractivity contribution in [1.29, 1.82) is 0 Å². The van der Waals surface area contributed by atoms with Crippen molar-refractivity contribution in [1.82, 2.24) is 0 Å². The molecular weight excluding hydrogens is 248 g/mol. The van der Waals surface area contributed by atoms with Gasteiger partial charge in [0.15, 0.2) is 5.76 Å². The van der Waals surface area contributed by atoms with Crippen molar-refractivity contribution in [3.63, 3.8) is 0 Å². The highest BCUT2D eigenvalue weighted by Gasteiger charge is 2.32. The number of thioether (sulfide) groups is 1. The van der Waals surface area contributed by atoms with E-state index in [-0.39, 0.29) is 17.3 Å². The van der Waals surface area contributed by atoms with Crippen LogP contribution in [-0.2, 0) is 4.74 Å². The molecule has 3 nitrogen and oxygen atoms in total. The number of fused-ring (bicyclic) bond motifs is 1. The van der Waals surface area contributed by atoms with Crippen LogP contribution < -0.4 is 0 Å². The number of methoxy groups -OCH3 is 1. The fourth-order valence-electron chi connectivity index (χ4n) is 1.85. The summed E-state index contributed by atoms with van der Waals surface area (Å²) in [6.45, 7) is 2.03. The zero-order valence-corrected chi connectivity index (χ0v) is 11.2. The first kappa shape index (κ1) is 12.9. The van der Waals surface area contributed by atoms with Gasteiger partial charge >= 0.3 is 0 Å². The third-order valence-corrected chi connectivity index (χ3v) is 3.96. The number of hydrogen-bond donors (Lipinski definition) is 0. The average Bonchev–Trinajstić information content (AvgIpc) is 2.41. The maximum absolute atomic E-state index is 12.3. The molecule has 0 heterocycles. The average molecular weight is 262 g/mol. The summed E-state index contributed by atoms with van der Waals surface area (Å²) >= 11 is 1.39. The Morgan fingerprint density at radius 2 is 1.72 bits per heavy atom. The Kier molecular flexibility index (Phi) is 3.87. The molecule has 0 saturated carbocycles. The first-order chi connectivity index (χ1) is 8.70. The summed E-state index contributed by atoms with van der Waals surface area (Å²) in [5.41, 5.74) is 0.905. The van der Waals surface area contributed by atoms with E-state index < -0.39 is 0 Å². The predicted octanol–water partition coefficient (Wildman–Crippen LogP) is 3.07. The number of ketones is 2. The Balaban J connectivity index is 2.50. The molecule has 1 aromatic carbocycles. The summed E-state index contributed by atoms with van der Waals surface area (Å²) in [4.78, 5) is 25.0. The summed E-state index contributed by atoms with van der Waals surface area (Å²) in [6, 6.07) is 6.87. The second-order valence-electron chi connectivity index (χ2n) is 3.91. The number of carbonyl (C=O) groups is 2. The molecule has 94 valence electrons. The van der Waals surface area contributed by atoms with Crippen LogP contribution in [0.2, 0.25) is 0 Å². The standard InChI is InChI=1S/C14H14O3S/c1-3-8-18-14-12(16)10-7-5-4-6-9(10)11(15)13(14)17-2/h4-7H,3,8H2,1-2H3. The monoisotopic (exact) mass is 262 g/mol. The second kappa shape index (κ2) is 5.40. The third kappa shape index (κ3) is 2.08. The molecule has 0 aliphatic heterocycles. The molecule has 0 bridgehead atoms. The van der Waals surface area contributed by atoms with Crippen LogP contribution in [0.3, 0.4) is 0 Å². The van der Waals surface area contributed by atoms with E-state index >= 15 is 0 Å². The Hall–Kier alpha value is -1.55. The number of carbonyl (C=O) groups excluding carboxylic acids is 2. The highest BCUT2D eigenvalue weighted by Crippen LogP contribution is 2.33. The predicted molar refractivity (Wildman–Crippen MR) is 71.9 cm³/mol. The molecule has 0 amide bonds. The number of ether oxygens (including phenoxy) is 1. The van der Waals surface area contributed by atoms with Crippen LogP contribution in [0.1, 0.15) is 34.1 Å². The van der Waals surface area contributed by atoms with Crippen molar-refractivity contribution in [2.75, 3.05) is 12.9 Å². The molecule has 4 heteroatoms. The van der Waals surface area contributed by atoms with Crippen LogP contribution in [-0.4, -0.2) is 24.4 Å². The lowest BCUT2D eigenvalue weighted by Gasteiger charge is -2.19. The van der Waals surface area contributed by atoms with Gasteiger partial charge in [0.1, 0.15) is 4.91 Å². The summed E-state index contributed by atoms with van der Waals surface area (Å²) in [5.74, 6) is 0.660. The van der Waals surface area contributed by atoms with E-state index in [2.05, 4.69) is 0 Å². The molecule has 1 aliphatic rings. The number of benzene rings is 1. The van der Waals surface area contributed by atoms with E-state index in [1.165, 1.54) is 18.9 Å². The van der Waals surface area contributed by atoms with Crippen LogP contribution >= 0.6 is 11.8 Å². The van der Waals surface area contributed by atoms with Crippen LogP contribution in [0.4, 0.5) is 0 Å². The largest absolute Gasteiger partial charge is 0.491 e. The van der Waals surface area contributed by atoms with Gasteiger partial charge in [0, 0.05) is 11.1 Å². The SMILES string of the molecule is CCCSC1=C(OC)C(=O)c2ccccc2C1=O. The van der Waals surface area contributed by atoms with Crippen molar-refractivity contribution in [3.05, 3.63) is 46.1 Å². The molecule has 0 atom stereocenters. The van der Waals surface area contributed by atoms with Crippen LogP contribution in [0.5, 0.6) is 0 Å². The van der Waals surface area contributed by atoms with Crippen molar-refractivity contribution in [2.24, 2.45) is 0 Å². The van der Waals surface area contributed by atoms with Crippen molar-refractivity contribution in [2.45, 2.75) is 13.3 Å². The molecule has 0 spiro atoms. The number of Topliss-reactive ketones (excluding diaryl/α,β-unsaturated/α-hetero) is 2. The number of rotatable bonds is 4. The van der Waals surface area contributed by atoms with Crippen LogP contribution in [0.15, 0.2) is 34.9 Å². The summed E-state index contributed by atoms with van der Waals surface area (Å²) < 4.78 is 5.13. The number of hydrogen-bond acceptors (Lipinski definition) is 4. The van der Waals surface area contributed by atoms with Crippen LogP contribution in [0, 0.1) is 0 Å². The highest BCUT2D eigenvalue weighted by molar-refractivity contribution is 8.04. The fraction of sp³-hybridized carbons (Fsp3) is 0.286. The molecule has 0 saturated heterocycles. The van der Waals surface area contributed by atoms with Gasteiger partial charge in [-0.2, -0.15) is 0 Å². The van der Waals surface area contributed by atoms with E-state index in [4.69, 9.17) is 4.74 Å². The van der Waals surface area contributed by atoms with Gasteiger partial charge in [-0.15, -0.1) is 11.8 Å². The lowest BCUT2D eigenvalue weighted by molar-refractivity contribution is 0.0913. The molecule has 0 radical (unpaired) electrons. The molecule has 18 heavy (non-hydrogen) atoms. The minimum atomic E-state index is -0.202. The van der Waals surface area contributed by atoms with Gasteiger partial charge in [0.25, 0.3) is 0 Å². The normalized spacial score (nSPS) is 14.8.